The number of ether oxygens (including phenoxy) is 1. The van der Waals surface area contributed by atoms with Crippen molar-refractivity contribution in [1.82, 2.24) is 24.6 Å². The predicted octanol–water partition coefficient (Wildman–Crippen LogP) is 4.89. The lowest BCUT2D eigenvalue weighted by atomic mass is 9.79. The fourth-order valence-corrected chi connectivity index (χ4v) is 5.54. The topological polar surface area (TPSA) is 128 Å². The van der Waals surface area contributed by atoms with Crippen molar-refractivity contribution in [2.45, 2.75) is 77.4 Å². The van der Waals surface area contributed by atoms with Crippen LogP contribution in [-0.2, 0) is 16.0 Å². The first-order chi connectivity index (χ1) is 19.0. The predicted molar refractivity (Wildman–Crippen MR) is 152 cm³/mol. The van der Waals surface area contributed by atoms with Crippen molar-refractivity contribution < 1.29 is 14.3 Å². The van der Waals surface area contributed by atoms with Crippen molar-refractivity contribution in [3.05, 3.63) is 65.7 Å². The van der Waals surface area contributed by atoms with Crippen molar-refractivity contribution in [3.63, 3.8) is 0 Å². The molecule has 1 saturated carbocycles. The number of carbonyl (C=O) groups is 2. The summed E-state index contributed by atoms with van der Waals surface area (Å²) < 4.78 is 7.45. The standard InChI is InChI=1S/C30H39N7O3/c1-20-17-32-27(35-25(20)24(30(12-13-30)26(31)38)16-21-8-6-5-7-9-21)34-22-18-33-37(19-22)23-10-14-36(15-11-23)28(39)40-29(2,3)4/h5-9,17-19,23-24H,10-16H2,1-4H3,(H2,31,38)(H,32,34,35). The molecule has 212 valence electrons. The molecule has 1 aromatic carbocycles. The van der Waals surface area contributed by atoms with Crippen LogP contribution < -0.4 is 11.1 Å². The molecule has 3 heterocycles. The first-order valence-corrected chi connectivity index (χ1v) is 14.0. The molecular formula is C30H39N7O3. The van der Waals surface area contributed by atoms with Gasteiger partial charge in [0.25, 0.3) is 0 Å². The van der Waals surface area contributed by atoms with E-state index in [0.29, 0.717) is 25.5 Å². The van der Waals surface area contributed by atoms with E-state index in [0.717, 1.165) is 48.2 Å². The van der Waals surface area contributed by atoms with Gasteiger partial charge in [-0.05, 0) is 70.9 Å². The Morgan fingerprint density at radius 2 is 1.85 bits per heavy atom. The third-order valence-electron chi connectivity index (χ3n) is 7.92. The number of nitrogens with two attached hydrogens (primary N) is 1. The van der Waals surface area contributed by atoms with Crippen LogP contribution in [0, 0.1) is 12.3 Å². The van der Waals surface area contributed by atoms with E-state index in [2.05, 4.69) is 27.5 Å². The molecule has 40 heavy (non-hydrogen) atoms. The highest BCUT2D eigenvalue weighted by Crippen LogP contribution is 2.57. The van der Waals surface area contributed by atoms with Gasteiger partial charge in [0.2, 0.25) is 11.9 Å². The Morgan fingerprint density at radius 3 is 2.48 bits per heavy atom. The molecule has 3 N–H and O–H groups in total. The van der Waals surface area contributed by atoms with Gasteiger partial charge >= 0.3 is 6.09 Å². The minimum Gasteiger partial charge on any atom is -0.444 e. The van der Waals surface area contributed by atoms with Crippen LogP contribution in [-0.4, -0.2) is 55.3 Å². The molecular weight excluding hydrogens is 506 g/mol. The average molecular weight is 546 g/mol. The van der Waals surface area contributed by atoms with E-state index in [1.165, 1.54) is 0 Å². The fourth-order valence-electron chi connectivity index (χ4n) is 5.54. The van der Waals surface area contributed by atoms with E-state index in [4.69, 9.17) is 15.5 Å². The SMILES string of the molecule is Cc1cnc(Nc2cnn(C3CCN(C(=O)OC(C)(C)C)CC3)c2)nc1C(Cc1ccccc1)C1(C(N)=O)CC1. The first-order valence-electron chi connectivity index (χ1n) is 14.0. The van der Waals surface area contributed by atoms with Gasteiger partial charge in [-0.2, -0.15) is 5.10 Å². The van der Waals surface area contributed by atoms with Gasteiger partial charge in [-0.15, -0.1) is 0 Å². The lowest BCUT2D eigenvalue weighted by Gasteiger charge is -2.33. The van der Waals surface area contributed by atoms with Gasteiger partial charge in [0.15, 0.2) is 0 Å². The molecule has 0 spiro atoms. The van der Waals surface area contributed by atoms with Gasteiger partial charge in [-0.3, -0.25) is 9.48 Å². The zero-order chi connectivity index (χ0) is 28.5. The number of primary amides is 1. The highest BCUT2D eigenvalue weighted by Gasteiger charge is 2.55. The van der Waals surface area contributed by atoms with Crippen LogP contribution in [0.5, 0.6) is 0 Å². The number of hydrogen-bond donors (Lipinski definition) is 2. The lowest BCUT2D eigenvalue weighted by Crippen LogP contribution is -2.42. The zero-order valence-electron chi connectivity index (χ0n) is 23.8. The van der Waals surface area contributed by atoms with Gasteiger partial charge in [0, 0.05) is 31.4 Å². The van der Waals surface area contributed by atoms with E-state index in [1.54, 1.807) is 17.3 Å². The van der Waals surface area contributed by atoms with Gasteiger partial charge < -0.3 is 20.7 Å². The Balaban J connectivity index is 1.29. The van der Waals surface area contributed by atoms with Crippen LogP contribution in [0.4, 0.5) is 16.4 Å². The lowest BCUT2D eigenvalue weighted by molar-refractivity contribution is -0.124. The van der Waals surface area contributed by atoms with Crippen LogP contribution in [0.15, 0.2) is 48.9 Å². The van der Waals surface area contributed by atoms with Crippen LogP contribution in [0.2, 0.25) is 0 Å². The molecule has 1 unspecified atom stereocenters. The molecule has 0 radical (unpaired) electrons. The number of aryl methyl sites for hydroxylation is 1. The van der Waals surface area contributed by atoms with Crippen molar-refractivity contribution in [3.8, 4) is 0 Å². The highest BCUT2D eigenvalue weighted by molar-refractivity contribution is 5.85. The number of carbonyl (C=O) groups excluding carboxylic acids is 2. The molecule has 1 atom stereocenters. The Morgan fingerprint density at radius 1 is 1.15 bits per heavy atom. The average Bonchev–Trinajstić information content (AvgIpc) is 3.60. The molecule has 1 saturated heterocycles. The molecule has 2 fully saturated rings. The van der Waals surface area contributed by atoms with Gasteiger partial charge in [0.1, 0.15) is 5.60 Å². The van der Waals surface area contributed by atoms with Crippen molar-refractivity contribution >= 4 is 23.6 Å². The number of rotatable bonds is 8. The van der Waals surface area contributed by atoms with E-state index in [9.17, 15) is 9.59 Å². The maximum absolute atomic E-state index is 12.6. The summed E-state index contributed by atoms with van der Waals surface area (Å²) in [6.45, 7) is 8.86. The third-order valence-corrected chi connectivity index (χ3v) is 7.92. The van der Waals surface area contributed by atoms with Crippen molar-refractivity contribution in [1.29, 1.82) is 0 Å². The summed E-state index contributed by atoms with van der Waals surface area (Å²) in [6.07, 6.45) is 9.05. The molecule has 10 nitrogen and oxygen atoms in total. The summed E-state index contributed by atoms with van der Waals surface area (Å²) in [5.41, 5.74) is 8.55. The molecule has 3 aromatic rings. The Bertz CT molecular complexity index is 1350. The molecule has 1 aliphatic heterocycles. The number of hydrogen-bond acceptors (Lipinski definition) is 7. The number of nitrogens with one attached hydrogen (secondary N) is 1. The number of benzene rings is 1. The molecule has 1 aliphatic carbocycles. The Hall–Kier alpha value is -3.95. The fraction of sp³-hybridized carbons (Fsp3) is 0.500. The largest absolute Gasteiger partial charge is 0.444 e. The van der Waals surface area contributed by atoms with Crippen molar-refractivity contribution in [2.24, 2.45) is 11.1 Å². The quantitative estimate of drug-likeness (QED) is 0.412. The summed E-state index contributed by atoms with van der Waals surface area (Å²) in [5.74, 6) is 0.0620. The van der Waals surface area contributed by atoms with Gasteiger partial charge in [-0.25, -0.2) is 14.8 Å². The second-order valence-electron chi connectivity index (χ2n) is 12.1. The molecule has 2 aromatic heterocycles. The smallest absolute Gasteiger partial charge is 0.410 e. The van der Waals surface area contributed by atoms with Crippen LogP contribution in [0.25, 0.3) is 0 Å². The van der Waals surface area contributed by atoms with E-state index in [1.807, 2.05) is 56.8 Å². The second-order valence-corrected chi connectivity index (χ2v) is 12.1. The number of nitrogens with zero attached hydrogens (tertiary/aromatic N) is 5. The summed E-state index contributed by atoms with van der Waals surface area (Å²) in [7, 11) is 0. The number of anilines is 2. The molecule has 2 amide bonds. The van der Waals surface area contributed by atoms with Crippen LogP contribution in [0.1, 0.15) is 75.2 Å². The van der Waals surface area contributed by atoms with Gasteiger partial charge in [0.05, 0.1) is 29.0 Å². The molecule has 0 bridgehead atoms. The molecule has 5 rings (SSSR count). The van der Waals surface area contributed by atoms with E-state index >= 15 is 0 Å². The third kappa shape index (κ3) is 6.11. The van der Waals surface area contributed by atoms with Gasteiger partial charge in [-0.1, -0.05) is 30.3 Å². The van der Waals surface area contributed by atoms with Crippen LogP contribution in [0.3, 0.4) is 0 Å². The summed E-state index contributed by atoms with van der Waals surface area (Å²) in [4.78, 5) is 36.2. The summed E-state index contributed by atoms with van der Waals surface area (Å²) >= 11 is 0. The molecule has 10 heteroatoms. The minimum atomic E-state index is -0.578. The Kier molecular flexibility index (Phi) is 7.53. The first kappa shape index (κ1) is 27.6. The van der Waals surface area contributed by atoms with Crippen molar-refractivity contribution in [2.75, 3.05) is 18.4 Å². The van der Waals surface area contributed by atoms with Crippen LogP contribution >= 0.6 is 0 Å². The monoisotopic (exact) mass is 545 g/mol. The maximum Gasteiger partial charge on any atom is 0.410 e. The number of piperidine rings is 1. The summed E-state index contributed by atoms with van der Waals surface area (Å²) in [6, 6.07) is 10.3. The normalized spacial score (nSPS) is 17.8. The minimum absolute atomic E-state index is 0.131. The number of amides is 2. The van der Waals surface area contributed by atoms with E-state index in [-0.39, 0.29) is 24.0 Å². The highest BCUT2D eigenvalue weighted by atomic mass is 16.6. The Labute approximate surface area is 235 Å². The second kappa shape index (κ2) is 10.9. The number of likely N-dealkylation sites (tertiary alicyclic amines) is 1. The maximum atomic E-state index is 12.6. The van der Waals surface area contributed by atoms with E-state index < -0.39 is 11.0 Å². The molecule has 2 aliphatic rings. The zero-order valence-corrected chi connectivity index (χ0v) is 23.8. The number of aromatic nitrogens is 4. The summed E-state index contributed by atoms with van der Waals surface area (Å²) in [5, 5.41) is 7.87.